The van der Waals surface area contributed by atoms with Crippen LogP contribution in [0.15, 0.2) is 34.0 Å². The van der Waals surface area contributed by atoms with Crippen molar-refractivity contribution in [1.82, 2.24) is 9.97 Å². The molecule has 0 fully saturated rings. The second kappa shape index (κ2) is 4.04. The van der Waals surface area contributed by atoms with E-state index >= 15 is 0 Å². The van der Waals surface area contributed by atoms with Crippen LogP contribution in [0, 0.1) is 6.92 Å². The van der Waals surface area contributed by atoms with Crippen molar-refractivity contribution in [2.45, 2.75) is 19.1 Å². The first-order chi connectivity index (χ1) is 8.29. The van der Waals surface area contributed by atoms with Gasteiger partial charge in [0.25, 0.3) is 5.22 Å². The van der Waals surface area contributed by atoms with Gasteiger partial charge in [0, 0.05) is 5.39 Å². The standard InChI is InChI=1S/C13H12N2OS/c1-3-17-13-15-10-7-14-9-6-4-5-8(2)11(9)12(10)16-13/h4-7H,3H2,1-2H3. The van der Waals surface area contributed by atoms with Gasteiger partial charge in [-0.3, -0.25) is 4.98 Å². The fourth-order valence-corrected chi connectivity index (χ4v) is 2.50. The number of fused-ring (bicyclic) bond motifs is 3. The first-order valence-electron chi connectivity index (χ1n) is 5.57. The summed E-state index contributed by atoms with van der Waals surface area (Å²) in [6.07, 6.45) is 1.78. The molecule has 0 saturated carbocycles. The predicted molar refractivity (Wildman–Crippen MR) is 70.4 cm³/mol. The zero-order valence-electron chi connectivity index (χ0n) is 9.73. The normalized spacial score (nSPS) is 11.4. The highest BCUT2D eigenvalue weighted by Gasteiger charge is 2.11. The number of pyridine rings is 1. The van der Waals surface area contributed by atoms with E-state index in [1.54, 1.807) is 18.0 Å². The van der Waals surface area contributed by atoms with E-state index in [9.17, 15) is 0 Å². The van der Waals surface area contributed by atoms with E-state index in [-0.39, 0.29) is 0 Å². The summed E-state index contributed by atoms with van der Waals surface area (Å²) in [5, 5.41) is 1.79. The summed E-state index contributed by atoms with van der Waals surface area (Å²) in [5.41, 5.74) is 3.82. The quantitative estimate of drug-likeness (QED) is 0.643. The van der Waals surface area contributed by atoms with Crippen molar-refractivity contribution in [3.63, 3.8) is 0 Å². The minimum Gasteiger partial charge on any atom is -0.431 e. The lowest BCUT2D eigenvalue weighted by atomic mass is 10.1. The molecule has 0 unspecified atom stereocenters. The first kappa shape index (κ1) is 10.6. The third-order valence-corrected chi connectivity index (χ3v) is 3.42. The van der Waals surface area contributed by atoms with Crippen LogP contribution in [0.4, 0.5) is 0 Å². The number of benzene rings is 1. The maximum atomic E-state index is 5.81. The Morgan fingerprint density at radius 1 is 1.29 bits per heavy atom. The van der Waals surface area contributed by atoms with Crippen LogP contribution in [0.5, 0.6) is 0 Å². The van der Waals surface area contributed by atoms with E-state index in [1.807, 2.05) is 12.1 Å². The summed E-state index contributed by atoms with van der Waals surface area (Å²) in [6, 6.07) is 6.07. The van der Waals surface area contributed by atoms with Gasteiger partial charge in [-0.1, -0.05) is 30.8 Å². The van der Waals surface area contributed by atoms with Crippen molar-refractivity contribution in [3.05, 3.63) is 30.0 Å². The summed E-state index contributed by atoms with van der Waals surface area (Å²) in [4.78, 5) is 8.84. The molecule has 0 N–H and O–H groups in total. The summed E-state index contributed by atoms with van der Waals surface area (Å²) in [6.45, 7) is 4.15. The molecule has 4 heteroatoms. The molecule has 0 saturated heterocycles. The molecule has 3 rings (SSSR count). The number of thioether (sulfide) groups is 1. The molecule has 0 amide bonds. The van der Waals surface area contributed by atoms with Crippen LogP contribution in [-0.2, 0) is 0 Å². The molecule has 0 aliphatic carbocycles. The van der Waals surface area contributed by atoms with Gasteiger partial charge < -0.3 is 4.42 Å². The van der Waals surface area contributed by atoms with E-state index in [0.717, 1.165) is 33.0 Å². The van der Waals surface area contributed by atoms with E-state index in [0.29, 0.717) is 0 Å². The minimum absolute atomic E-state index is 0.722. The number of aryl methyl sites for hydroxylation is 1. The topological polar surface area (TPSA) is 38.9 Å². The largest absolute Gasteiger partial charge is 0.431 e. The molecule has 2 aromatic heterocycles. The van der Waals surface area contributed by atoms with Crippen molar-refractivity contribution < 1.29 is 4.42 Å². The average molecular weight is 244 g/mol. The van der Waals surface area contributed by atoms with Gasteiger partial charge >= 0.3 is 0 Å². The predicted octanol–water partition coefficient (Wildman–Crippen LogP) is 3.80. The Bertz CT molecular complexity index is 690. The Kier molecular flexibility index (Phi) is 2.52. The molecule has 0 bridgehead atoms. The van der Waals surface area contributed by atoms with Crippen LogP contribution >= 0.6 is 11.8 Å². The van der Waals surface area contributed by atoms with Gasteiger partial charge in [-0.2, -0.15) is 0 Å². The van der Waals surface area contributed by atoms with E-state index in [1.165, 1.54) is 5.56 Å². The number of hydrogen-bond donors (Lipinski definition) is 0. The van der Waals surface area contributed by atoms with Gasteiger partial charge in [0.05, 0.1) is 11.7 Å². The first-order valence-corrected chi connectivity index (χ1v) is 6.56. The number of aromatic nitrogens is 2. The van der Waals surface area contributed by atoms with Gasteiger partial charge in [-0.15, -0.1) is 0 Å². The Labute approximate surface area is 103 Å². The van der Waals surface area contributed by atoms with Crippen molar-refractivity contribution in [3.8, 4) is 0 Å². The molecule has 17 heavy (non-hydrogen) atoms. The maximum absolute atomic E-state index is 5.81. The van der Waals surface area contributed by atoms with Crippen LogP contribution in [-0.4, -0.2) is 15.7 Å². The summed E-state index contributed by atoms with van der Waals surface area (Å²) < 4.78 is 5.81. The molecule has 0 aliphatic heterocycles. The lowest BCUT2D eigenvalue weighted by Crippen LogP contribution is -1.82. The highest BCUT2D eigenvalue weighted by atomic mass is 32.2. The van der Waals surface area contributed by atoms with E-state index in [4.69, 9.17) is 4.42 Å². The lowest BCUT2D eigenvalue weighted by molar-refractivity contribution is 0.492. The fourth-order valence-electron chi connectivity index (χ4n) is 1.95. The molecular formula is C13H12N2OS. The Morgan fingerprint density at radius 3 is 3.00 bits per heavy atom. The van der Waals surface area contributed by atoms with Crippen molar-refractivity contribution in [2.24, 2.45) is 0 Å². The average Bonchev–Trinajstić information content (AvgIpc) is 2.72. The maximum Gasteiger partial charge on any atom is 0.256 e. The third kappa shape index (κ3) is 1.69. The summed E-state index contributed by atoms with van der Waals surface area (Å²) in [7, 11) is 0. The second-order valence-electron chi connectivity index (χ2n) is 3.85. The van der Waals surface area contributed by atoms with Crippen molar-refractivity contribution >= 4 is 33.8 Å². The van der Waals surface area contributed by atoms with Crippen molar-refractivity contribution in [1.29, 1.82) is 0 Å². The summed E-state index contributed by atoms with van der Waals surface area (Å²) >= 11 is 1.61. The highest BCUT2D eigenvalue weighted by molar-refractivity contribution is 7.99. The SMILES string of the molecule is CCSc1nc2cnc3cccc(C)c3c2o1. The smallest absolute Gasteiger partial charge is 0.256 e. The van der Waals surface area contributed by atoms with Crippen LogP contribution in [0.2, 0.25) is 0 Å². The third-order valence-electron chi connectivity index (χ3n) is 2.71. The minimum atomic E-state index is 0.722. The van der Waals surface area contributed by atoms with Crippen molar-refractivity contribution in [2.75, 3.05) is 5.75 Å². The zero-order valence-corrected chi connectivity index (χ0v) is 10.5. The molecule has 0 aliphatic rings. The van der Waals surface area contributed by atoms with E-state index in [2.05, 4.69) is 29.9 Å². The van der Waals surface area contributed by atoms with Gasteiger partial charge in [0.2, 0.25) is 0 Å². The number of rotatable bonds is 2. The molecule has 0 radical (unpaired) electrons. The number of nitrogens with zero attached hydrogens (tertiary/aromatic N) is 2. The fraction of sp³-hybridized carbons (Fsp3) is 0.231. The molecule has 1 aromatic carbocycles. The Hall–Kier alpha value is -1.55. The zero-order chi connectivity index (χ0) is 11.8. The van der Waals surface area contributed by atoms with Crippen LogP contribution in [0.25, 0.3) is 22.0 Å². The van der Waals surface area contributed by atoms with Crippen LogP contribution in [0.1, 0.15) is 12.5 Å². The molecule has 2 heterocycles. The Balaban J connectivity index is 2.37. The van der Waals surface area contributed by atoms with Gasteiger partial charge in [0.1, 0.15) is 5.52 Å². The molecular weight excluding hydrogens is 232 g/mol. The monoisotopic (exact) mass is 244 g/mol. The molecule has 0 spiro atoms. The molecule has 86 valence electrons. The van der Waals surface area contributed by atoms with Gasteiger partial charge in [0.15, 0.2) is 5.58 Å². The van der Waals surface area contributed by atoms with Crippen LogP contribution < -0.4 is 0 Å². The summed E-state index contributed by atoms with van der Waals surface area (Å²) in [5.74, 6) is 0.956. The number of oxazole rings is 1. The molecule has 3 aromatic rings. The Morgan fingerprint density at radius 2 is 2.18 bits per heavy atom. The number of hydrogen-bond acceptors (Lipinski definition) is 4. The second-order valence-corrected chi connectivity index (χ2v) is 5.07. The van der Waals surface area contributed by atoms with Gasteiger partial charge in [-0.25, -0.2) is 4.98 Å². The lowest BCUT2D eigenvalue weighted by Gasteiger charge is -2.00. The van der Waals surface area contributed by atoms with Gasteiger partial charge in [-0.05, 0) is 24.3 Å². The molecule has 3 nitrogen and oxygen atoms in total. The molecule has 0 atom stereocenters. The van der Waals surface area contributed by atoms with Crippen LogP contribution in [0.3, 0.4) is 0 Å². The van der Waals surface area contributed by atoms with E-state index < -0.39 is 0 Å². The highest BCUT2D eigenvalue weighted by Crippen LogP contribution is 2.29.